The summed E-state index contributed by atoms with van der Waals surface area (Å²) in [5, 5.41) is 0.306. The molecule has 0 unspecified atom stereocenters. The van der Waals surface area contributed by atoms with E-state index in [0.717, 1.165) is 18.8 Å². The third kappa shape index (κ3) is 2.99. The molecule has 1 fully saturated rings. The highest BCUT2D eigenvalue weighted by Crippen LogP contribution is 2.27. The molecule has 18 heavy (non-hydrogen) atoms. The lowest BCUT2D eigenvalue weighted by Crippen LogP contribution is -2.39. The van der Waals surface area contributed by atoms with Gasteiger partial charge in [-0.3, -0.25) is 4.79 Å². The fraction of sp³-hybridized carbons (Fsp3) is 0.615. The lowest BCUT2D eigenvalue weighted by atomic mass is 9.86. The van der Waals surface area contributed by atoms with E-state index in [0.29, 0.717) is 16.9 Å². The van der Waals surface area contributed by atoms with E-state index < -0.39 is 0 Å². The molecule has 1 heterocycles. The molecule has 98 valence electrons. The summed E-state index contributed by atoms with van der Waals surface area (Å²) in [4.78, 5) is 21.9. The number of rotatable bonds is 2. The Kier molecular flexibility index (Phi) is 4.17. The second-order valence-electron chi connectivity index (χ2n) is 5.05. The summed E-state index contributed by atoms with van der Waals surface area (Å²) < 4.78 is 0. The second-order valence-corrected chi connectivity index (χ2v) is 5.44. The van der Waals surface area contributed by atoms with Crippen molar-refractivity contribution in [2.24, 2.45) is 5.92 Å². The van der Waals surface area contributed by atoms with Crippen LogP contribution in [0.1, 0.15) is 43.1 Å². The van der Waals surface area contributed by atoms with Crippen molar-refractivity contribution in [1.82, 2.24) is 14.9 Å². The molecule has 0 spiro atoms. The van der Waals surface area contributed by atoms with Gasteiger partial charge < -0.3 is 4.90 Å². The Labute approximate surface area is 112 Å². The summed E-state index contributed by atoms with van der Waals surface area (Å²) in [7, 11) is 1.85. The maximum atomic E-state index is 12.2. The van der Waals surface area contributed by atoms with Crippen molar-refractivity contribution >= 4 is 17.5 Å². The molecule has 0 radical (unpaired) electrons. The van der Waals surface area contributed by atoms with Crippen LogP contribution >= 0.6 is 11.6 Å². The summed E-state index contributed by atoms with van der Waals surface area (Å²) in [6.07, 6.45) is 7.37. The van der Waals surface area contributed by atoms with Crippen LogP contribution < -0.4 is 0 Å². The summed E-state index contributed by atoms with van der Waals surface area (Å²) >= 11 is 5.66. The first-order valence-corrected chi connectivity index (χ1v) is 6.70. The van der Waals surface area contributed by atoms with Gasteiger partial charge in [0.2, 0.25) is 0 Å². The average molecular weight is 268 g/mol. The van der Waals surface area contributed by atoms with E-state index in [1.165, 1.54) is 25.2 Å². The first kappa shape index (κ1) is 13.3. The van der Waals surface area contributed by atoms with Crippen LogP contribution in [0.2, 0.25) is 5.15 Å². The molecule has 4 nitrogen and oxygen atoms in total. The normalized spacial score (nSPS) is 23.7. The molecule has 0 bridgehead atoms. The average Bonchev–Trinajstić information content (AvgIpc) is 2.39. The minimum atomic E-state index is -0.0706. The molecule has 2 rings (SSSR count). The summed E-state index contributed by atoms with van der Waals surface area (Å²) in [6.45, 7) is 2.27. The Hall–Kier alpha value is -1.16. The molecule has 1 saturated carbocycles. The van der Waals surface area contributed by atoms with Gasteiger partial charge in [-0.1, -0.05) is 18.5 Å². The molecule has 1 amide bonds. The number of nitrogens with zero attached hydrogens (tertiary/aromatic N) is 3. The quantitative estimate of drug-likeness (QED) is 0.828. The van der Waals surface area contributed by atoms with Crippen LogP contribution in [0.15, 0.2) is 12.4 Å². The Balaban J connectivity index is 2.02. The van der Waals surface area contributed by atoms with Crippen molar-refractivity contribution < 1.29 is 4.79 Å². The molecule has 1 aromatic rings. The number of carbonyl (C=O) groups is 1. The fourth-order valence-electron chi connectivity index (χ4n) is 2.40. The lowest BCUT2D eigenvalue weighted by Gasteiger charge is -2.33. The Morgan fingerprint density at radius 1 is 1.28 bits per heavy atom. The first-order chi connectivity index (χ1) is 8.58. The van der Waals surface area contributed by atoms with E-state index >= 15 is 0 Å². The molecule has 0 aromatic carbocycles. The number of hydrogen-bond donors (Lipinski definition) is 0. The summed E-state index contributed by atoms with van der Waals surface area (Å²) in [5.74, 6) is 0.707. The Bertz CT molecular complexity index is 413. The van der Waals surface area contributed by atoms with E-state index in [4.69, 9.17) is 11.6 Å². The molecule has 5 heteroatoms. The number of carbonyl (C=O) groups excluding carboxylic acids is 1. The molecular formula is C13H18ClN3O. The van der Waals surface area contributed by atoms with Crippen LogP contribution in [-0.2, 0) is 0 Å². The monoisotopic (exact) mass is 267 g/mol. The fourth-order valence-corrected chi connectivity index (χ4v) is 2.50. The molecule has 0 N–H and O–H groups in total. The van der Waals surface area contributed by atoms with Gasteiger partial charge in [0.25, 0.3) is 5.91 Å². The van der Waals surface area contributed by atoms with Crippen LogP contribution in [0.25, 0.3) is 0 Å². The smallest absolute Gasteiger partial charge is 0.274 e. The minimum Gasteiger partial charge on any atom is -0.337 e. The molecule has 0 saturated heterocycles. The van der Waals surface area contributed by atoms with Crippen molar-refractivity contribution in [2.75, 3.05) is 7.05 Å². The SMILES string of the molecule is CC1CCC(N(C)C(=O)c2cnc(Cl)cn2)CC1. The van der Waals surface area contributed by atoms with Gasteiger partial charge in [-0.15, -0.1) is 0 Å². The van der Waals surface area contributed by atoms with Gasteiger partial charge in [-0.2, -0.15) is 0 Å². The Morgan fingerprint density at radius 2 is 1.94 bits per heavy atom. The number of amides is 1. The predicted octanol–water partition coefficient (Wildman–Crippen LogP) is 2.78. The van der Waals surface area contributed by atoms with Crippen LogP contribution in [0.3, 0.4) is 0 Å². The minimum absolute atomic E-state index is 0.0706. The van der Waals surface area contributed by atoms with Gasteiger partial charge in [-0.25, -0.2) is 9.97 Å². The van der Waals surface area contributed by atoms with Gasteiger partial charge in [0.05, 0.1) is 12.4 Å². The van der Waals surface area contributed by atoms with Gasteiger partial charge in [0, 0.05) is 13.1 Å². The van der Waals surface area contributed by atoms with Crippen molar-refractivity contribution in [3.8, 4) is 0 Å². The molecule has 0 atom stereocenters. The van der Waals surface area contributed by atoms with Gasteiger partial charge in [0.15, 0.2) is 0 Å². The highest BCUT2D eigenvalue weighted by Gasteiger charge is 2.26. The van der Waals surface area contributed by atoms with Crippen LogP contribution in [-0.4, -0.2) is 33.9 Å². The van der Waals surface area contributed by atoms with Crippen LogP contribution in [0, 0.1) is 5.92 Å². The number of hydrogen-bond acceptors (Lipinski definition) is 3. The molecule has 1 aliphatic carbocycles. The van der Waals surface area contributed by atoms with Gasteiger partial charge >= 0.3 is 0 Å². The summed E-state index contributed by atoms with van der Waals surface area (Å²) in [6, 6.07) is 0.325. The zero-order valence-electron chi connectivity index (χ0n) is 10.8. The van der Waals surface area contributed by atoms with Crippen LogP contribution in [0.4, 0.5) is 0 Å². The number of halogens is 1. The topological polar surface area (TPSA) is 46.1 Å². The zero-order chi connectivity index (χ0) is 13.1. The zero-order valence-corrected chi connectivity index (χ0v) is 11.5. The third-order valence-electron chi connectivity index (χ3n) is 3.69. The molecule has 1 aliphatic rings. The lowest BCUT2D eigenvalue weighted by molar-refractivity contribution is 0.0673. The number of aromatic nitrogens is 2. The first-order valence-electron chi connectivity index (χ1n) is 6.32. The van der Waals surface area contributed by atoms with Gasteiger partial charge in [0.1, 0.15) is 10.8 Å². The maximum Gasteiger partial charge on any atom is 0.274 e. The van der Waals surface area contributed by atoms with E-state index in [1.807, 2.05) is 7.05 Å². The maximum absolute atomic E-state index is 12.2. The molecule has 1 aromatic heterocycles. The predicted molar refractivity (Wildman–Crippen MR) is 70.6 cm³/mol. The second kappa shape index (κ2) is 5.65. The highest BCUT2D eigenvalue weighted by atomic mass is 35.5. The summed E-state index contributed by atoms with van der Waals surface area (Å²) in [5.41, 5.74) is 0.362. The van der Waals surface area contributed by atoms with E-state index in [2.05, 4.69) is 16.9 Å². The van der Waals surface area contributed by atoms with E-state index in [9.17, 15) is 4.79 Å². The Morgan fingerprint density at radius 3 is 2.50 bits per heavy atom. The van der Waals surface area contributed by atoms with Crippen molar-refractivity contribution in [1.29, 1.82) is 0 Å². The van der Waals surface area contributed by atoms with E-state index in [1.54, 1.807) is 4.90 Å². The standard InChI is InChI=1S/C13H18ClN3O/c1-9-3-5-10(6-4-9)17(2)13(18)11-7-16-12(14)8-15-11/h7-10H,3-6H2,1-2H3. The van der Waals surface area contributed by atoms with E-state index in [-0.39, 0.29) is 5.91 Å². The largest absolute Gasteiger partial charge is 0.337 e. The van der Waals surface area contributed by atoms with Crippen LogP contribution in [0.5, 0.6) is 0 Å². The highest BCUT2D eigenvalue weighted by molar-refractivity contribution is 6.29. The third-order valence-corrected chi connectivity index (χ3v) is 3.89. The van der Waals surface area contributed by atoms with Crippen molar-refractivity contribution in [3.63, 3.8) is 0 Å². The molecule has 0 aliphatic heterocycles. The van der Waals surface area contributed by atoms with Crippen molar-refractivity contribution in [3.05, 3.63) is 23.2 Å². The molecular weight excluding hydrogens is 250 g/mol. The van der Waals surface area contributed by atoms with Crippen molar-refractivity contribution in [2.45, 2.75) is 38.6 Å². The van der Waals surface area contributed by atoms with Gasteiger partial charge in [-0.05, 0) is 31.6 Å².